The molecule has 2 rings (SSSR count). The number of H-pyrrole nitrogens is 1. The van der Waals surface area contributed by atoms with Crippen LogP contribution in [0, 0.1) is 0 Å². The number of aromatic nitrogens is 1. The summed E-state index contributed by atoms with van der Waals surface area (Å²) in [4.78, 5) is 74.7. The number of nitrogens with two attached hydrogens (primary N) is 2. The van der Waals surface area contributed by atoms with E-state index in [-0.39, 0.29) is 12.2 Å². The van der Waals surface area contributed by atoms with Crippen molar-refractivity contribution in [2.75, 3.05) is 5.75 Å². The molecule has 37 heavy (non-hydrogen) atoms. The van der Waals surface area contributed by atoms with Crippen molar-refractivity contribution in [3.63, 3.8) is 0 Å². The lowest BCUT2D eigenvalue weighted by Gasteiger charge is -2.23. The predicted molar refractivity (Wildman–Crippen MR) is 133 cm³/mol. The zero-order valence-electron chi connectivity index (χ0n) is 19.5. The van der Waals surface area contributed by atoms with E-state index in [0.717, 1.165) is 10.9 Å². The Kier molecular flexibility index (Phi) is 10.4. The molecule has 2 aromatic rings. The van der Waals surface area contributed by atoms with Crippen LogP contribution >= 0.6 is 12.6 Å². The van der Waals surface area contributed by atoms with Gasteiger partial charge in [-0.3, -0.25) is 24.0 Å². The van der Waals surface area contributed by atoms with Crippen LogP contribution in [0.15, 0.2) is 30.5 Å². The molecule has 4 atom stereocenters. The van der Waals surface area contributed by atoms with Gasteiger partial charge in [-0.15, -0.1) is 0 Å². The SMILES string of the molecule is NC(=O)CC(NC(=O)C(N)CC(=O)O)C(=O)NC(CS)C(=O)NC(Cc1c[nH]c2ccccc12)C(=O)O. The summed E-state index contributed by atoms with van der Waals surface area (Å²) in [6.45, 7) is 0. The van der Waals surface area contributed by atoms with Crippen molar-refractivity contribution >= 4 is 59.1 Å². The summed E-state index contributed by atoms with van der Waals surface area (Å²) in [5.74, 6) is -6.80. The maximum atomic E-state index is 12.8. The first kappa shape index (κ1) is 29.1. The van der Waals surface area contributed by atoms with Crippen LogP contribution in [0.4, 0.5) is 0 Å². The first-order valence-electron chi connectivity index (χ1n) is 11.0. The van der Waals surface area contributed by atoms with Gasteiger partial charge >= 0.3 is 11.9 Å². The molecule has 14 nitrogen and oxygen atoms in total. The van der Waals surface area contributed by atoms with E-state index in [4.69, 9.17) is 16.6 Å². The first-order valence-corrected chi connectivity index (χ1v) is 11.6. The normalized spacial score (nSPS) is 14.1. The van der Waals surface area contributed by atoms with Crippen molar-refractivity contribution in [3.8, 4) is 0 Å². The number of aliphatic carboxylic acids is 2. The van der Waals surface area contributed by atoms with E-state index in [2.05, 4.69) is 33.6 Å². The number of amides is 4. The molecule has 0 spiro atoms. The Bertz CT molecular complexity index is 1180. The van der Waals surface area contributed by atoms with E-state index in [1.165, 1.54) is 0 Å². The van der Waals surface area contributed by atoms with Crippen molar-refractivity contribution in [1.82, 2.24) is 20.9 Å². The lowest BCUT2D eigenvalue weighted by Crippen LogP contribution is -2.58. The first-order chi connectivity index (χ1) is 17.4. The van der Waals surface area contributed by atoms with Crippen LogP contribution in [0.5, 0.6) is 0 Å². The molecule has 0 aliphatic heterocycles. The van der Waals surface area contributed by atoms with E-state index < -0.39 is 72.6 Å². The second kappa shape index (κ2) is 13.3. The summed E-state index contributed by atoms with van der Waals surface area (Å²) in [6, 6.07) is 1.45. The molecule has 4 amide bonds. The van der Waals surface area contributed by atoms with Crippen molar-refractivity contribution in [2.45, 2.75) is 43.4 Å². The molecule has 200 valence electrons. The van der Waals surface area contributed by atoms with E-state index in [1.54, 1.807) is 18.3 Å². The van der Waals surface area contributed by atoms with Gasteiger partial charge in [-0.1, -0.05) is 18.2 Å². The highest BCUT2D eigenvalue weighted by Gasteiger charge is 2.31. The number of nitrogens with one attached hydrogen (secondary N) is 4. The molecule has 15 heteroatoms. The minimum absolute atomic E-state index is 0.0554. The number of para-hydroxylation sites is 1. The molecule has 0 bridgehead atoms. The molecule has 0 saturated carbocycles. The Labute approximate surface area is 215 Å². The number of carboxylic acid groups (broad SMARTS) is 2. The highest BCUT2D eigenvalue weighted by molar-refractivity contribution is 7.80. The smallest absolute Gasteiger partial charge is 0.326 e. The minimum atomic E-state index is -1.57. The number of fused-ring (bicyclic) bond motifs is 1. The van der Waals surface area contributed by atoms with Crippen LogP contribution in [0.25, 0.3) is 10.9 Å². The lowest BCUT2D eigenvalue weighted by molar-refractivity contribution is -0.142. The molecule has 4 unspecified atom stereocenters. The van der Waals surface area contributed by atoms with Gasteiger partial charge in [0.2, 0.25) is 23.6 Å². The summed E-state index contributed by atoms with van der Waals surface area (Å²) in [7, 11) is 0. The van der Waals surface area contributed by atoms with Crippen molar-refractivity contribution < 1.29 is 39.0 Å². The highest BCUT2D eigenvalue weighted by atomic mass is 32.1. The molecule has 0 radical (unpaired) electrons. The number of rotatable bonds is 14. The molecule has 10 N–H and O–H groups in total. The zero-order valence-corrected chi connectivity index (χ0v) is 20.4. The van der Waals surface area contributed by atoms with Crippen LogP contribution in [0.3, 0.4) is 0 Å². The van der Waals surface area contributed by atoms with Crippen molar-refractivity contribution in [1.29, 1.82) is 0 Å². The van der Waals surface area contributed by atoms with E-state index in [1.807, 2.05) is 12.1 Å². The molecule has 0 saturated heterocycles. The molecule has 0 aliphatic rings. The van der Waals surface area contributed by atoms with Gasteiger partial charge in [-0.25, -0.2) is 4.79 Å². The van der Waals surface area contributed by atoms with Gasteiger partial charge in [0.1, 0.15) is 18.1 Å². The van der Waals surface area contributed by atoms with Crippen LogP contribution in [-0.2, 0) is 35.2 Å². The number of aromatic amines is 1. The Balaban J connectivity index is 2.10. The summed E-state index contributed by atoms with van der Waals surface area (Å²) in [6.07, 6.45) is 0.180. The zero-order chi connectivity index (χ0) is 27.7. The van der Waals surface area contributed by atoms with Gasteiger partial charge in [0.15, 0.2) is 0 Å². The third-order valence-electron chi connectivity index (χ3n) is 5.30. The number of hydrogen-bond donors (Lipinski definition) is 9. The highest BCUT2D eigenvalue weighted by Crippen LogP contribution is 2.19. The van der Waals surface area contributed by atoms with Crippen LogP contribution in [-0.4, -0.2) is 80.7 Å². The minimum Gasteiger partial charge on any atom is -0.481 e. The summed E-state index contributed by atoms with van der Waals surface area (Å²) >= 11 is 4.03. The third kappa shape index (κ3) is 8.50. The van der Waals surface area contributed by atoms with Crippen LogP contribution < -0.4 is 27.4 Å². The number of carboxylic acids is 2. The topological polar surface area (TPSA) is 247 Å². The fraction of sp³-hybridized carbons (Fsp3) is 0.364. The van der Waals surface area contributed by atoms with Crippen LogP contribution in [0.2, 0.25) is 0 Å². The molecule has 0 aliphatic carbocycles. The third-order valence-corrected chi connectivity index (χ3v) is 5.66. The van der Waals surface area contributed by atoms with Crippen LogP contribution in [0.1, 0.15) is 18.4 Å². The monoisotopic (exact) mass is 536 g/mol. The van der Waals surface area contributed by atoms with Gasteiger partial charge in [-0.05, 0) is 11.6 Å². The van der Waals surface area contributed by atoms with Crippen molar-refractivity contribution in [3.05, 3.63) is 36.0 Å². The molecule has 1 aromatic carbocycles. The fourth-order valence-corrected chi connectivity index (χ4v) is 3.69. The molecule has 1 heterocycles. The Morgan fingerprint density at radius 3 is 2.08 bits per heavy atom. The summed E-state index contributed by atoms with van der Waals surface area (Å²) < 4.78 is 0. The average molecular weight is 537 g/mol. The molecular formula is C22H28N6O8S. The van der Waals surface area contributed by atoms with E-state index in [9.17, 15) is 33.9 Å². The number of hydrogen-bond acceptors (Lipinski definition) is 8. The number of carbonyl (C=O) groups excluding carboxylic acids is 4. The number of thiol groups is 1. The van der Waals surface area contributed by atoms with Crippen molar-refractivity contribution in [2.24, 2.45) is 11.5 Å². The van der Waals surface area contributed by atoms with Gasteiger partial charge < -0.3 is 42.6 Å². The maximum absolute atomic E-state index is 12.8. The number of benzene rings is 1. The van der Waals surface area contributed by atoms with Gasteiger partial charge in [0.05, 0.1) is 18.9 Å². The number of carbonyl (C=O) groups is 6. The fourth-order valence-electron chi connectivity index (χ4n) is 3.43. The Hall–Kier alpha value is -4.11. The Morgan fingerprint density at radius 2 is 1.49 bits per heavy atom. The largest absolute Gasteiger partial charge is 0.481 e. The van der Waals surface area contributed by atoms with E-state index >= 15 is 0 Å². The lowest BCUT2D eigenvalue weighted by atomic mass is 10.0. The molecular weight excluding hydrogens is 508 g/mol. The van der Waals surface area contributed by atoms with Gasteiger partial charge in [0, 0.05) is 29.3 Å². The summed E-state index contributed by atoms with van der Waals surface area (Å²) in [5, 5.41) is 26.0. The van der Waals surface area contributed by atoms with Gasteiger partial charge in [-0.2, -0.15) is 12.6 Å². The van der Waals surface area contributed by atoms with Gasteiger partial charge in [0.25, 0.3) is 0 Å². The number of primary amides is 1. The summed E-state index contributed by atoms with van der Waals surface area (Å²) in [5.41, 5.74) is 12.0. The average Bonchev–Trinajstić information content (AvgIpc) is 3.23. The van der Waals surface area contributed by atoms with E-state index in [0.29, 0.717) is 5.56 Å². The second-order valence-corrected chi connectivity index (χ2v) is 8.51. The maximum Gasteiger partial charge on any atom is 0.326 e. The second-order valence-electron chi connectivity index (χ2n) is 8.14. The molecule has 0 fully saturated rings. The predicted octanol–water partition coefficient (Wildman–Crippen LogP) is -2.14. The standard InChI is InChI=1S/C22H28N6O8S/c23-12(6-18(30)31)19(32)26-14(7-17(24)29)20(33)28-16(9-37)21(34)27-15(22(35)36)5-10-8-25-13-4-2-1-3-11(10)13/h1-4,8,12,14-16,25,37H,5-7,9,23H2,(H2,24,29)(H,26,32)(H,27,34)(H,28,33)(H,30,31)(H,35,36). The Morgan fingerprint density at radius 1 is 0.892 bits per heavy atom. The quantitative estimate of drug-likeness (QED) is 0.119. The molecule has 1 aromatic heterocycles.